The van der Waals surface area contributed by atoms with Gasteiger partial charge >= 0.3 is 6.03 Å². The van der Waals surface area contributed by atoms with Gasteiger partial charge in [-0.2, -0.15) is 0 Å². The predicted octanol–water partition coefficient (Wildman–Crippen LogP) is 4.50. The van der Waals surface area contributed by atoms with Crippen LogP contribution in [0.1, 0.15) is 40.8 Å². The molecule has 25 heavy (non-hydrogen) atoms. The van der Waals surface area contributed by atoms with Crippen LogP contribution in [0.15, 0.2) is 35.9 Å². The SMILES string of the molecule is O=C(NS/C=C/c1ccccn1)Nc1c2c(cc3c1CCC3)CCC2. The summed E-state index contributed by atoms with van der Waals surface area (Å²) in [6, 6.07) is 7.96. The van der Waals surface area contributed by atoms with Crippen molar-refractivity contribution in [2.24, 2.45) is 0 Å². The number of benzene rings is 1. The van der Waals surface area contributed by atoms with Gasteiger partial charge in [0.25, 0.3) is 0 Å². The fourth-order valence-electron chi connectivity index (χ4n) is 3.77. The second kappa shape index (κ2) is 7.31. The zero-order chi connectivity index (χ0) is 17.1. The Morgan fingerprint density at radius 1 is 1.08 bits per heavy atom. The first-order valence-electron chi connectivity index (χ1n) is 8.78. The number of nitrogens with one attached hydrogen (secondary N) is 2. The lowest BCUT2D eigenvalue weighted by Gasteiger charge is -2.16. The number of carbonyl (C=O) groups is 1. The number of aryl methyl sites for hydroxylation is 2. The number of hydrogen-bond donors (Lipinski definition) is 2. The summed E-state index contributed by atoms with van der Waals surface area (Å²) in [4.78, 5) is 16.5. The van der Waals surface area contributed by atoms with Gasteiger partial charge in [0.2, 0.25) is 0 Å². The van der Waals surface area contributed by atoms with Gasteiger partial charge in [-0.05, 0) is 96.3 Å². The van der Waals surface area contributed by atoms with Crippen LogP contribution in [-0.2, 0) is 25.7 Å². The molecule has 2 aliphatic rings. The zero-order valence-corrected chi connectivity index (χ0v) is 14.9. The lowest BCUT2D eigenvalue weighted by atomic mass is 9.99. The third-order valence-electron chi connectivity index (χ3n) is 4.86. The summed E-state index contributed by atoms with van der Waals surface area (Å²) in [5, 5.41) is 4.96. The Kier molecular flexibility index (Phi) is 4.74. The molecule has 2 aliphatic carbocycles. The van der Waals surface area contributed by atoms with E-state index >= 15 is 0 Å². The summed E-state index contributed by atoms with van der Waals surface area (Å²) in [7, 11) is 0. The molecule has 1 aromatic heterocycles. The number of fused-ring (bicyclic) bond motifs is 2. The molecule has 0 fully saturated rings. The first-order valence-corrected chi connectivity index (χ1v) is 9.66. The lowest BCUT2D eigenvalue weighted by Crippen LogP contribution is -2.23. The van der Waals surface area contributed by atoms with Crippen LogP contribution < -0.4 is 10.0 Å². The van der Waals surface area contributed by atoms with E-state index in [4.69, 9.17) is 0 Å². The Labute approximate surface area is 152 Å². The number of anilines is 1. The predicted molar refractivity (Wildman–Crippen MR) is 104 cm³/mol. The third kappa shape index (κ3) is 3.56. The molecule has 2 N–H and O–H groups in total. The van der Waals surface area contributed by atoms with E-state index in [1.165, 1.54) is 47.0 Å². The standard InChI is InChI=1S/C20H21N3OS/c24-20(23-25-12-10-16-7-1-2-11-21-16)22-19-17-8-3-5-14(17)13-15-6-4-9-18(15)19/h1-2,7,10-13H,3-6,8-9H2,(H2,22,23,24)/b12-10+. The van der Waals surface area contributed by atoms with Gasteiger partial charge in [0.05, 0.1) is 5.69 Å². The van der Waals surface area contributed by atoms with Gasteiger partial charge in [0.15, 0.2) is 0 Å². The van der Waals surface area contributed by atoms with Crippen molar-refractivity contribution in [3.8, 4) is 0 Å². The van der Waals surface area contributed by atoms with Crippen molar-refractivity contribution in [3.63, 3.8) is 0 Å². The minimum atomic E-state index is -0.162. The van der Waals surface area contributed by atoms with Crippen molar-refractivity contribution in [2.75, 3.05) is 5.32 Å². The van der Waals surface area contributed by atoms with Crippen molar-refractivity contribution in [2.45, 2.75) is 38.5 Å². The molecule has 0 aliphatic heterocycles. The van der Waals surface area contributed by atoms with Gasteiger partial charge in [-0.15, -0.1) is 0 Å². The van der Waals surface area contributed by atoms with Crippen molar-refractivity contribution in [1.29, 1.82) is 0 Å². The highest BCUT2D eigenvalue weighted by Crippen LogP contribution is 2.38. The van der Waals surface area contributed by atoms with E-state index in [0.717, 1.165) is 37.1 Å². The Bertz CT molecular complexity index is 785. The maximum Gasteiger partial charge on any atom is 0.329 e. The first kappa shape index (κ1) is 16.2. The molecule has 4 rings (SSSR count). The van der Waals surface area contributed by atoms with E-state index in [0.29, 0.717) is 0 Å². The fraction of sp³-hybridized carbons (Fsp3) is 0.300. The summed E-state index contributed by atoms with van der Waals surface area (Å²) in [6.45, 7) is 0. The molecule has 0 saturated heterocycles. The van der Waals surface area contributed by atoms with Crippen LogP contribution in [0.2, 0.25) is 0 Å². The Balaban J connectivity index is 1.41. The van der Waals surface area contributed by atoms with Crippen molar-refractivity contribution >= 4 is 29.7 Å². The number of amides is 2. The number of urea groups is 1. The molecule has 0 unspecified atom stereocenters. The summed E-state index contributed by atoms with van der Waals surface area (Å²) >= 11 is 1.26. The third-order valence-corrected chi connectivity index (χ3v) is 5.43. The number of hydrogen-bond acceptors (Lipinski definition) is 3. The molecule has 128 valence electrons. The van der Waals surface area contributed by atoms with E-state index in [1.54, 1.807) is 6.20 Å². The van der Waals surface area contributed by atoms with Crippen LogP contribution in [-0.4, -0.2) is 11.0 Å². The quantitative estimate of drug-likeness (QED) is 0.798. The van der Waals surface area contributed by atoms with Crippen LogP contribution in [0.5, 0.6) is 0 Å². The number of aromatic nitrogens is 1. The first-order chi connectivity index (χ1) is 12.3. The average Bonchev–Trinajstić information content (AvgIpc) is 3.28. The van der Waals surface area contributed by atoms with Gasteiger partial charge in [0, 0.05) is 11.9 Å². The largest absolute Gasteiger partial charge is 0.329 e. The highest BCUT2D eigenvalue weighted by molar-refractivity contribution is 8.00. The minimum Gasteiger partial charge on any atom is -0.307 e. The summed E-state index contributed by atoms with van der Waals surface area (Å²) < 4.78 is 2.84. The Morgan fingerprint density at radius 3 is 2.52 bits per heavy atom. The average molecular weight is 351 g/mol. The van der Waals surface area contributed by atoms with Gasteiger partial charge in [-0.25, -0.2) is 4.79 Å². The Morgan fingerprint density at radius 2 is 1.84 bits per heavy atom. The van der Waals surface area contributed by atoms with Crippen LogP contribution in [0, 0.1) is 0 Å². The summed E-state index contributed by atoms with van der Waals surface area (Å²) in [6.07, 6.45) is 10.4. The number of pyridine rings is 1. The smallest absolute Gasteiger partial charge is 0.307 e. The van der Waals surface area contributed by atoms with Gasteiger partial charge in [-0.1, -0.05) is 12.1 Å². The maximum absolute atomic E-state index is 12.3. The molecule has 1 heterocycles. The van der Waals surface area contributed by atoms with Gasteiger partial charge < -0.3 is 5.32 Å². The normalized spacial score (nSPS) is 15.2. The number of rotatable bonds is 4. The molecule has 0 radical (unpaired) electrons. The number of nitrogens with zero attached hydrogens (tertiary/aromatic N) is 1. The topological polar surface area (TPSA) is 54.0 Å². The summed E-state index contributed by atoms with van der Waals surface area (Å²) in [5.41, 5.74) is 7.51. The molecule has 5 heteroatoms. The summed E-state index contributed by atoms with van der Waals surface area (Å²) in [5.74, 6) is 0. The van der Waals surface area contributed by atoms with E-state index in [-0.39, 0.29) is 6.03 Å². The molecule has 4 nitrogen and oxygen atoms in total. The van der Waals surface area contributed by atoms with E-state index < -0.39 is 0 Å². The molecular formula is C20H21N3OS. The van der Waals surface area contributed by atoms with E-state index in [2.05, 4.69) is 21.1 Å². The maximum atomic E-state index is 12.3. The monoisotopic (exact) mass is 351 g/mol. The molecule has 0 saturated carbocycles. The molecular weight excluding hydrogens is 330 g/mol. The molecule has 2 amide bonds. The molecule has 0 bridgehead atoms. The fourth-order valence-corrected chi connectivity index (χ4v) is 4.21. The highest BCUT2D eigenvalue weighted by Gasteiger charge is 2.24. The second-order valence-corrected chi connectivity index (χ2v) is 7.18. The van der Waals surface area contributed by atoms with Gasteiger partial charge in [-0.3, -0.25) is 9.71 Å². The molecule has 2 aromatic rings. The van der Waals surface area contributed by atoms with Crippen LogP contribution in [0.3, 0.4) is 0 Å². The lowest BCUT2D eigenvalue weighted by molar-refractivity contribution is 0.257. The van der Waals surface area contributed by atoms with Crippen molar-refractivity contribution in [1.82, 2.24) is 9.71 Å². The highest BCUT2D eigenvalue weighted by atomic mass is 32.2. The Hall–Kier alpha value is -2.27. The van der Waals surface area contributed by atoms with Crippen LogP contribution >= 0.6 is 11.9 Å². The van der Waals surface area contributed by atoms with Crippen molar-refractivity contribution < 1.29 is 4.79 Å². The van der Waals surface area contributed by atoms with E-state index in [1.807, 2.05) is 29.7 Å². The second-order valence-electron chi connectivity index (χ2n) is 6.47. The molecule has 0 spiro atoms. The molecule has 0 atom stereocenters. The zero-order valence-electron chi connectivity index (χ0n) is 14.0. The minimum absolute atomic E-state index is 0.162. The van der Waals surface area contributed by atoms with Crippen LogP contribution in [0.25, 0.3) is 6.08 Å². The van der Waals surface area contributed by atoms with Crippen molar-refractivity contribution in [3.05, 3.63) is 63.8 Å². The van der Waals surface area contributed by atoms with Gasteiger partial charge in [0.1, 0.15) is 0 Å². The van der Waals surface area contributed by atoms with E-state index in [9.17, 15) is 4.79 Å². The molecule has 1 aromatic carbocycles. The number of carbonyl (C=O) groups excluding carboxylic acids is 1. The van der Waals surface area contributed by atoms with Crippen LogP contribution in [0.4, 0.5) is 10.5 Å².